The van der Waals surface area contributed by atoms with E-state index in [1.54, 1.807) is 32.2 Å². The molecule has 1 aromatic carbocycles. The molecule has 0 fully saturated rings. The molecule has 0 bridgehead atoms. The normalized spacial score (nSPS) is 9.95. The number of aliphatic carboxylic acids is 1. The average Bonchev–Trinajstić information content (AvgIpc) is 2.38. The predicted octanol–water partition coefficient (Wildman–Crippen LogP) is 2.79. The van der Waals surface area contributed by atoms with Crippen LogP contribution in [0.4, 0.5) is 10.5 Å². The molecule has 0 saturated heterocycles. The second kappa shape index (κ2) is 7.74. The number of hydrogen-bond donors (Lipinski definition) is 2. The minimum atomic E-state index is -0.930. The number of benzene rings is 1. The van der Waals surface area contributed by atoms with Gasteiger partial charge < -0.3 is 20.1 Å². The van der Waals surface area contributed by atoms with E-state index in [9.17, 15) is 9.59 Å². The van der Waals surface area contributed by atoms with E-state index in [2.05, 4.69) is 21.2 Å². The number of nitrogens with zero attached hydrogens (tertiary/aromatic N) is 1. The summed E-state index contributed by atoms with van der Waals surface area (Å²) in [5.74, 6) is -0.316. The lowest BCUT2D eigenvalue weighted by molar-refractivity contribution is -0.137. The number of hydrogen-bond acceptors (Lipinski definition) is 3. The average molecular weight is 345 g/mol. The number of halogens is 1. The number of methoxy groups -OCH3 is 1. The molecule has 110 valence electrons. The highest BCUT2D eigenvalue weighted by atomic mass is 79.9. The second-order valence-electron chi connectivity index (χ2n) is 4.03. The van der Waals surface area contributed by atoms with Crippen LogP contribution in [0.2, 0.25) is 0 Å². The van der Waals surface area contributed by atoms with Crippen molar-refractivity contribution < 1.29 is 19.4 Å². The summed E-state index contributed by atoms with van der Waals surface area (Å²) in [6, 6.07) is 4.87. The number of anilines is 1. The van der Waals surface area contributed by atoms with Crippen LogP contribution in [0.15, 0.2) is 22.7 Å². The first-order chi connectivity index (χ1) is 9.46. The lowest BCUT2D eigenvalue weighted by atomic mass is 10.3. The Hall–Kier alpha value is -1.76. The van der Waals surface area contributed by atoms with Gasteiger partial charge in [0.05, 0.1) is 13.5 Å². The van der Waals surface area contributed by atoms with Gasteiger partial charge in [-0.15, -0.1) is 0 Å². The summed E-state index contributed by atoms with van der Waals surface area (Å²) in [5.41, 5.74) is 0.579. The van der Waals surface area contributed by atoms with Crippen molar-refractivity contribution in [1.82, 2.24) is 4.90 Å². The zero-order valence-electron chi connectivity index (χ0n) is 11.4. The van der Waals surface area contributed by atoms with Crippen molar-refractivity contribution in [2.45, 2.75) is 13.3 Å². The first-order valence-corrected chi connectivity index (χ1v) is 6.87. The van der Waals surface area contributed by atoms with Gasteiger partial charge in [-0.3, -0.25) is 4.79 Å². The van der Waals surface area contributed by atoms with Gasteiger partial charge in [0.1, 0.15) is 5.75 Å². The highest BCUT2D eigenvalue weighted by molar-refractivity contribution is 9.10. The molecule has 20 heavy (non-hydrogen) atoms. The molecule has 2 amide bonds. The van der Waals surface area contributed by atoms with Crippen molar-refractivity contribution in [2.24, 2.45) is 0 Å². The fraction of sp³-hybridized carbons (Fsp3) is 0.385. The van der Waals surface area contributed by atoms with E-state index in [0.717, 1.165) is 4.47 Å². The molecule has 0 aromatic heterocycles. The topological polar surface area (TPSA) is 78.9 Å². The Morgan fingerprint density at radius 2 is 2.10 bits per heavy atom. The van der Waals surface area contributed by atoms with Gasteiger partial charge in [-0.25, -0.2) is 4.79 Å². The maximum Gasteiger partial charge on any atom is 0.321 e. The Kier molecular flexibility index (Phi) is 6.30. The molecule has 0 atom stereocenters. The van der Waals surface area contributed by atoms with E-state index < -0.39 is 5.97 Å². The molecule has 0 aliphatic heterocycles. The number of urea groups is 1. The Balaban J connectivity index is 2.72. The first-order valence-electron chi connectivity index (χ1n) is 6.08. The molecular weight excluding hydrogens is 328 g/mol. The number of carboxylic acid groups (broad SMARTS) is 1. The SMILES string of the molecule is CCN(CCC(=O)O)C(=O)Nc1cc(Br)cc(OC)c1. The second-order valence-corrected chi connectivity index (χ2v) is 4.95. The lowest BCUT2D eigenvalue weighted by Gasteiger charge is -2.20. The van der Waals surface area contributed by atoms with E-state index in [0.29, 0.717) is 18.0 Å². The molecule has 0 unspecified atom stereocenters. The fourth-order valence-electron chi connectivity index (χ4n) is 1.59. The first kappa shape index (κ1) is 16.3. The van der Waals surface area contributed by atoms with Crippen LogP contribution >= 0.6 is 15.9 Å². The van der Waals surface area contributed by atoms with E-state index in [1.807, 2.05) is 0 Å². The third-order valence-corrected chi connectivity index (χ3v) is 3.08. The van der Waals surface area contributed by atoms with Crippen LogP contribution in [0.1, 0.15) is 13.3 Å². The number of carbonyl (C=O) groups is 2. The summed E-state index contributed by atoms with van der Waals surface area (Å²) in [4.78, 5) is 24.0. The number of rotatable bonds is 6. The number of nitrogens with one attached hydrogen (secondary N) is 1. The minimum Gasteiger partial charge on any atom is -0.497 e. The van der Waals surface area contributed by atoms with Crippen molar-refractivity contribution in [3.8, 4) is 5.75 Å². The summed E-state index contributed by atoms with van der Waals surface area (Å²) in [5, 5.41) is 11.4. The van der Waals surface area contributed by atoms with Crippen LogP contribution in [0.5, 0.6) is 5.75 Å². The van der Waals surface area contributed by atoms with Gasteiger partial charge >= 0.3 is 12.0 Å². The Morgan fingerprint density at radius 3 is 2.65 bits per heavy atom. The van der Waals surface area contributed by atoms with E-state index in [-0.39, 0.29) is 19.0 Å². The number of ether oxygens (including phenoxy) is 1. The van der Waals surface area contributed by atoms with Crippen molar-refractivity contribution in [2.75, 3.05) is 25.5 Å². The maximum absolute atomic E-state index is 12.0. The number of carbonyl (C=O) groups excluding carboxylic acids is 1. The molecule has 0 saturated carbocycles. The van der Waals surface area contributed by atoms with Gasteiger partial charge in [0.25, 0.3) is 0 Å². The fourth-order valence-corrected chi connectivity index (χ4v) is 2.06. The Bertz CT molecular complexity index is 493. The molecule has 0 radical (unpaired) electrons. The van der Waals surface area contributed by atoms with Crippen LogP contribution in [0.25, 0.3) is 0 Å². The van der Waals surface area contributed by atoms with Gasteiger partial charge in [-0.2, -0.15) is 0 Å². The largest absolute Gasteiger partial charge is 0.497 e. The monoisotopic (exact) mass is 344 g/mol. The molecule has 1 aromatic rings. The molecule has 0 heterocycles. The molecule has 6 nitrogen and oxygen atoms in total. The van der Waals surface area contributed by atoms with Gasteiger partial charge in [-0.05, 0) is 19.1 Å². The number of amides is 2. The summed E-state index contributed by atoms with van der Waals surface area (Å²) in [6.45, 7) is 2.40. The van der Waals surface area contributed by atoms with Crippen molar-refractivity contribution in [1.29, 1.82) is 0 Å². The maximum atomic E-state index is 12.0. The van der Waals surface area contributed by atoms with Gasteiger partial charge in [0, 0.05) is 29.3 Å². The van der Waals surface area contributed by atoms with Crippen LogP contribution in [-0.2, 0) is 4.79 Å². The smallest absolute Gasteiger partial charge is 0.321 e. The Morgan fingerprint density at radius 1 is 1.40 bits per heavy atom. The zero-order chi connectivity index (χ0) is 15.1. The molecule has 1 rings (SSSR count). The molecule has 0 aliphatic carbocycles. The summed E-state index contributed by atoms with van der Waals surface area (Å²) in [6.07, 6.45) is -0.0803. The standard InChI is InChI=1S/C13H17BrN2O4/c1-3-16(5-4-12(17)18)13(19)15-10-6-9(14)7-11(8-10)20-2/h6-8H,3-5H2,1-2H3,(H,15,19)(H,17,18). The summed E-state index contributed by atoms with van der Waals surface area (Å²) >= 11 is 3.33. The predicted molar refractivity (Wildman–Crippen MR) is 79.2 cm³/mol. The molecule has 7 heteroatoms. The van der Waals surface area contributed by atoms with Crippen molar-refractivity contribution >= 4 is 33.6 Å². The minimum absolute atomic E-state index is 0.0803. The van der Waals surface area contributed by atoms with Crippen molar-refractivity contribution in [3.05, 3.63) is 22.7 Å². The number of carboxylic acids is 1. The van der Waals surface area contributed by atoms with E-state index >= 15 is 0 Å². The molecule has 2 N–H and O–H groups in total. The van der Waals surface area contributed by atoms with E-state index in [4.69, 9.17) is 9.84 Å². The molecule has 0 spiro atoms. The van der Waals surface area contributed by atoms with Crippen LogP contribution in [0, 0.1) is 0 Å². The van der Waals surface area contributed by atoms with Crippen LogP contribution in [0.3, 0.4) is 0 Å². The van der Waals surface area contributed by atoms with Crippen molar-refractivity contribution in [3.63, 3.8) is 0 Å². The van der Waals surface area contributed by atoms with Gasteiger partial charge in [-0.1, -0.05) is 15.9 Å². The van der Waals surface area contributed by atoms with Crippen LogP contribution < -0.4 is 10.1 Å². The van der Waals surface area contributed by atoms with E-state index in [1.165, 1.54) is 4.90 Å². The zero-order valence-corrected chi connectivity index (χ0v) is 12.9. The van der Waals surface area contributed by atoms with Gasteiger partial charge in [0.15, 0.2) is 0 Å². The summed E-state index contributed by atoms with van der Waals surface area (Å²) < 4.78 is 5.89. The van der Waals surface area contributed by atoms with Crippen LogP contribution in [-0.4, -0.2) is 42.2 Å². The lowest BCUT2D eigenvalue weighted by Crippen LogP contribution is -2.36. The Labute approximate surface area is 125 Å². The highest BCUT2D eigenvalue weighted by Crippen LogP contribution is 2.24. The van der Waals surface area contributed by atoms with Gasteiger partial charge in [0.2, 0.25) is 0 Å². The summed E-state index contributed by atoms with van der Waals surface area (Å²) in [7, 11) is 1.54. The quantitative estimate of drug-likeness (QED) is 0.831. The molecular formula is C13H17BrN2O4. The highest BCUT2D eigenvalue weighted by Gasteiger charge is 2.13. The molecule has 0 aliphatic rings. The third-order valence-electron chi connectivity index (χ3n) is 2.62. The third kappa shape index (κ3) is 5.08.